The van der Waals surface area contributed by atoms with E-state index in [1.807, 2.05) is 12.1 Å². The molecule has 0 radical (unpaired) electrons. The van der Waals surface area contributed by atoms with E-state index in [0.717, 1.165) is 24.2 Å². The van der Waals surface area contributed by atoms with Gasteiger partial charge >= 0.3 is 6.03 Å². The van der Waals surface area contributed by atoms with E-state index in [2.05, 4.69) is 22.8 Å². The quantitative estimate of drug-likeness (QED) is 0.666. The first-order valence-electron chi connectivity index (χ1n) is 10.1. The topological polar surface area (TPSA) is 87.3 Å². The third-order valence-electron chi connectivity index (χ3n) is 5.66. The molecule has 31 heavy (non-hydrogen) atoms. The molecule has 2 N–H and O–H groups in total. The van der Waals surface area contributed by atoms with Crippen molar-refractivity contribution in [3.8, 4) is 23.0 Å². The lowest BCUT2D eigenvalue weighted by Gasteiger charge is -2.38. The maximum atomic E-state index is 12.7. The van der Waals surface area contributed by atoms with Gasteiger partial charge in [-0.05, 0) is 30.5 Å². The van der Waals surface area contributed by atoms with Crippen LogP contribution in [0.1, 0.15) is 18.4 Å². The zero-order valence-corrected chi connectivity index (χ0v) is 18.4. The van der Waals surface area contributed by atoms with Crippen LogP contribution >= 0.6 is 0 Å². The summed E-state index contributed by atoms with van der Waals surface area (Å²) in [6.45, 7) is 1.79. The Labute approximate surface area is 182 Å². The van der Waals surface area contributed by atoms with E-state index in [4.69, 9.17) is 23.7 Å². The summed E-state index contributed by atoms with van der Waals surface area (Å²) in [5, 5.41) is 5.87. The number of nitrogens with one attached hydrogen (secondary N) is 2. The summed E-state index contributed by atoms with van der Waals surface area (Å²) >= 11 is 0. The summed E-state index contributed by atoms with van der Waals surface area (Å²) in [6, 6.07) is 11.1. The Morgan fingerprint density at radius 1 is 0.935 bits per heavy atom. The van der Waals surface area contributed by atoms with Crippen LogP contribution in [0.4, 0.5) is 10.5 Å². The summed E-state index contributed by atoms with van der Waals surface area (Å²) in [6.07, 6.45) is 1.65. The lowest BCUT2D eigenvalue weighted by Crippen LogP contribution is -2.45. The van der Waals surface area contributed by atoms with Crippen LogP contribution in [0.5, 0.6) is 23.0 Å². The largest absolute Gasteiger partial charge is 0.497 e. The predicted molar refractivity (Wildman–Crippen MR) is 118 cm³/mol. The highest BCUT2D eigenvalue weighted by molar-refractivity contribution is 5.90. The van der Waals surface area contributed by atoms with Gasteiger partial charge < -0.3 is 34.3 Å². The Balaban J connectivity index is 1.73. The molecular formula is C23H30N2O6. The predicted octanol–water partition coefficient (Wildman–Crippen LogP) is 3.59. The molecule has 8 nitrogen and oxygen atoms in total. The van der Waals surface area contributed by atoms with Crippen LogP contribution in [0.2, 0.25) is 0 Å². The summed E-state index contributed by atoms with van der Waals surface area (Å²) in [5.74, 6) is 2.21. The number of rotatable bonds is 8. The minimum atomic E-state index is -0.311. The molecule has 0 saturated carbocycles. The van der Waals surface area contributed by atoms with Gasteiger partial charge in [0.2, 0.25) is 5.75 Å². The molecule has 3 rings (SSSR count). The average Bonchev–Trinajstić information content (AvgIpc) is 2.82. The second kappa shape index (κ2) is 10.3. The second-order valence-corrected chi connectivity index (χ2v) is 7.34. The van der Waals surface area contributed by atoms with Gasteiger partial charge in [0.15, 0.2) is 11.5 Å². The fraction of sp³-hybridized carbons (Fsp3) is 0.435. The number of carbonyl (C=O) groups is 1. The van der Waals surface area contributed by atoms with E-state index < -0.39 is 0 Å². The van der Waals surface area contributed by atoms with Crippen molar-refractivity contribution in [3.05, 3.63) is 42.0 Å². The molecule has 0 aromatic heterocycles. The number of anilines is 1. The number of methoxy groups -OCH3 is 4. The Bertz CT molecular complexity index is 853. The lowest BCUT2D eigenvalue weighted by atomic mass is 9.74. The number of amides is 2. The number of urea groups is 1. The van der Waals surface area contributed by atoms with Crippen LogP contribution in [0, 0.1) is 0 Å². The first-order valence-corrected chi connectivity index (χ1v) is 10.1. The lowest BCUT2D eigenvalue weighted by molar-refractivity contribution is 0.0508. The zero-order chi connectivity index (χ0) is 22.3. The van der Waals surface area contributed by atoms with Crippen molar-refractivity contribution in [2.24, 2.45) is 0 Å². The molecule has 1 saturated heterocycles. The summed E-state index contributed by atoms with van der Waals surface area (Å²) in [4.78, 5) is 12.7. The Hall–Kier alpha value is -3.13. The van der Waals surface area contributed by atoms with Crippen molar-refractivity contribution in [1.82, 2.24) is 5.32 Å². The van der Waals surface area contributed by atoms with E-state index >= 15 is 0 Å². The number of hydrogen-bond donors (Lipinski definition) is 2. The van der Waals surface area contributed by atoms with E-state index in [9.17, 15) is 4.79 Å². The van der Waals surface area contributed by atoms with E-state index in [0.29, 0.717) is 42.7 Å². The Morgan fingerprint density at radius 3 is 2.06 bits per heavy atom. The van der Waals surface area contributed by atoms with Crippen molar-refractivity contribution < 1.29 is 28.5 Å². The van der Waals surface area contributed by atoms with Crippen molar-refractivity contribution >= 4 is 11.7 Å². The molecule has 1 fully saturated rings. The standard InChI is InChI=1S/C23H30N2O6/c1-27-18-7-5-16(6-8-18)23(9-11-31-12-10-23)15-24-22(26)25-17-13-19(28-2)21(30-4)20(14-17)29-3/h5-8,13-14H,9-12,15H2,1-4H3,(H2,24,25,26). The molecule has 0 spiro atoms. The molecule has 2 amide bonds. The molecular weight excluding hydrogens is 400 g/mol. The summed E-state index contributed by atoms with van der Waals surface area (Å²) in [5.41, 5.74) is 1.50. The summed E-state index contributed by atoms with van der Waals surface area (Å²) in [7, 11) is 6.25. The van der Waals surface area contributed by atoms with Gasteiger partial charge in [0.1, 0.15) is 5.75 Å². The fourth-order valence-corrected chi connectivity index (χ4v) is 3.85. The third-order valence-corrected chi connectivity index (χ3v) is 5.66. The molecule has 0 bridgehead atoms. The molecule has 0 aliphatic carbocycles. The SMILES string of the molecule is COc1ccc(C2(CNC(=O)Nc3cc(OC)c(OC)c(OC)c3)CCOCC2)cc1. The molecule has 0 unspecified atom stereocenters. The normalized spacial score (nSPS) is 15.0. The average molecular weight is 431 g/mol. The minimum Gasteiger partial charge on any atom is -0.497 e. The maximum Gasteiger partial charge on any atom is 0.319 e. The molecule has 0 atom stereocenters. The minimum absolute atomic E-state index is 0.197. The Kier molecular flexibility index (Phi) is 7.46. The van der Waals surface area contributed by atoms with Crippen LogP contribution in [0.25, 0.3) is 0 Å². The van der Waals surface area contributed by atoms with Crippen molar-refractivity contribution in [1.29, 1.82) is 0 Å². The molecule has 2 aromatic rings. The molecule has 1 aliphatic heterocycles. The first-order chi connectivity index (χ1) is 15.0. The van der Waals surface area contributed by atoms with E-state index in [1.165, 1.54) is 21.3 Å². The van der Waals surface area contributed by atoms with Crippen LogP contribution in [0.3, 0.4) is 0 Å². The van der Waals surface area contributed by atoms with E-state index in [-0.39, 0.29) is 11.4 Å². The van der Waals surface area contributed by atoms with Gasteiger partial charge in [0.25, 0.3) is 0 Å². The van der Waals surface area contributed by atoms with Gasteiger partial charge in [-0.2, -0.15) is 0 Å². The van der Waals surface area contributed by atoms with Gasteiger partial charge in [-0.1, -0.05) is 12.1 Å². The third kappa shape index (κ3) is 5.14. The number of hydrogen-bond acceptors (Lipinski definition) is 6. The molecule has 168 valence electrons. The number of ether oxygens (including phenoxy) is 5. The van der Waals surface area contributed by atoms with Crippen LogP contribution < -0.4 is 29.6 Å². The zero-order valence-electron chi connectivity index (χ0n) is 18.4. The van der Waals surface area contributed by atoms with Gasteiger partial charge in [-0.3, -0.25) is 0 Å². The fourth-order valence-electron chi connectivity index (χ4n) is 3.85. The highest BCUT2D eigenvalue weighted by Crippen LogP contribution is 2.40. The maximum absolute atomic E-state index is 12.7. The van der Waals surface area contributed by atoms with Gasteiger partial charge in [0, 0.05) is 37.3 Å². The van der Waals surface area contributed by atoms with Gasteiger partial charge in [0.05, 0.1) is 34.1 Å². The molecule has 1 aliphatic rings. The number of benzene rings is 2. The summed E-state index contributed by atoms with van der Waals surface area (Å²) < 4.78 is 26.9. The highest BCUT2D eigenvalue weighted by Gasteiger charge is 2.35. The smallest absolute Gasteiger partial charge is 0.319 e. The Morgan fingerprint density at radius 2 is 1.55 bits per heavy atom. The molecule has 2 aromatic carbocycles. The van der Waals surface area contributed by atoms with Crippen molar-refractivity contribution in [2.75, 3.05) is 53.5 Å². The molecule has 8 heteroatoms. The van der Waals surface area contributed by atoms with Crippen LogP contribution in [-0.4, -0.2) is 54.2 Å². The van der Waals surface area contributed by atoms with Crippen molar-refractivity contribution in [2.45, 2.75) is 18.3 Å². The van der Waals surface area contributed by atoms with Gasteiger partial charge in [-0.15, -0.1) is 0 Å². The second-order valence-electron chi connectivity index (χ2n) is 7.34. The van der Waals surface area contributed by atoms with Gasteiger partial charge in [-0.25, -0.2) is 4.79 Å². The highest BCUT2D eigenvalue weighted by atomic mass is 16.5. The monoisotopic (exact) mass is 430 g/mol. The number of carbonyl (C=O) groups excluding carboxylic acids is 1. The van der Waals surface area contributed by atoms with Crippen LogP contribution in [0.15, 0.2) is 36.4 Å². The van der Waals surface area contributed by atoms with E-state index in [1.54, 1.807) is 19.2 Å². The van der Waals surface area contributed by atoms with Crippen molar-refractivity contribution in [3.63, 3.8) is 0 Å². The first kappa shape index (κ1) is 22.6. The van der Waals surface area contributed by atoms with Crippen LogP contribution in [-0.2, 0) is 10.2 Å². The molecule has 1 heterocycles.